The molecule has 0 saturated heterocycles. The molecule has 0 aliphatic heterocycles. The van der Waals surface area contributed by atoms with Crippen LogP contribution in [0.3, 0.4) is 0 Å². The van der Waals surface area contributed by atoms with Gasteiger partial charge < -0.3 is 19.3 Å². The Bertz CT molecular complexity index is 1410. The summed E-state index contributed by atoms with van der Waals surface area (Å²) in [6.45, 7) is 1.42. The fraction of sp³-hybridized carbons (Fsp3) is 0.308. The smallest absolute Gasteiger partial charge is 0.345 e. The third-order valence-electron chi connectivity index (χ3n) is 5.62. The van der Waals surface area contributed by atoms with Crippen LogP contribution in [-0.4, -0.2) is 58.0 Å². The van der Waals surface area contributed by atoms with E-state index in [0.717, 1.165) is 23.2 Å². The van der Waals surface area contributed by atoms with E-state index in [0.29, 0.717) is 22.2 Å². The van der Waals surface area contributed by atoms with E-state index in [1.54, 1.807) is 54.6 Å². The number of nitrogens with one attached hydrogen (secondary N) is 1. The van der Waals surface area contributed by atoms with Crippen LogP contribution in [0.5, 0.6) is 0 Å². The van der Waals surface area contributed by atoms with Crippen LogP contribution in [0.15, 0.2) is 64.1 Å². The number of fused-ring (bicyclic) bond motifs is 1. The fourth-order valence-electron chi connectivity index (χ4n) is 3.82. The number of hydrogen-bond acceptors (Lipinski definition) is 6. The summed E-state index contributed by atoms with van der Waals surface area (Å²) in [7, 11) is 3.92. The number of rotatable bonds is 9. The highest BCUT2D eigenvalue weighted by atomic mass is 19.4. The summed E-state index contributed by atoms with van der Waals surface area (Å²) in [5.41, 5.74) is 2.36. The molecule has 0 aliphatic carbocycles. The first kappa shape index (κ1) is 26.1. The van der Waals surface area contributed by atoms with Crippen molar-refractivity contribution in [3.05, 3.63) is 66.0 Å². The predicted octanol–water partition coefficient (Wildman–Crippen LogP) is 5.23. The lowest BCUT2D eigenvalue weighted by molar-refractivity contribution is -0.139. The maximum Gasteiger partial charge on any atom is 0.406 e. The lowest BCUT2D eigenvalue weighted by atomic mass is 10.2. The van der Waals surface area contributed by atoms with Crippen molar-refractivity contribution in [2.24, 2.45) is 4.99 Å². The Morgan fingerprint density at radius 3 is 2.59 bits per heavy atom. The molecule has 2 heterocycles. The van der Waals surface area contributed by atoms with Crippen molar-refractivity contribution in [2.45, 2.75) is 32.6 Å². The second-order valence-corrected chi connectivity index (χ2v) is 8.91. The Labute approximate surface area is 211 Å². The number of benzene rings is 2. The van der Waals surface area contributed by atoms with Gasteiger partial charge in [-0.05, 0) is 57.8 Å². The standard InChI is InChI=1S/C26H27F3N6O2/c1-17(12-13-34(2)3)31-20-10-7-11-21-19(20)14-22(35(21)16-26(27,28)29)25-32-23(33-37-25)15-30-24(36)18-8-5-4-6-9-18/h4-11,14H,12-13,15-16H2,1-3H3,(H,30,36). The van der Waals surface area contributed by atoms with Gasteiger partial charge in [-0.1, -0.05) is 29.4 Å². The number of alkyl halides is 3. The molecule has 0 fully saturated rings. The second-order valence-electron chi connectivity index (χ2n) is 8.91. The van der Waals surface area contributed by atoms with Crippen LogP contribution < -0.4 is 5.32 Å². The molecule has 4 aromatic rings. The zero-order chi connectivity index (χ0) is 26.6. The lowest BCUT2D eigenvalue weighted by Gasteiger charge is -2.12. The van der Waals surface area contributed by atoms with Gasteiger partial charge in [0.2, 0.25) is 0 Å². The highest BCUT2D eigenvalue weighted by Gasteiger charge is 2.31. The third-order valence-corrected chi connectivity index (χ3v) is 5.62. The molecule has 1 N–H and O–H groups in total. The number of hydrogen-bond donors (Lipinski definition) is 1. The number of amides is 1. The number of carbonyl (C=O) groups is 1. The first-order chi connectivity index (χ1) is 17.6. The Kier molecular flexibility index (Phi) is 7.72. The van der Waals surface area contributed by atoms with Crippen molar-refractivity contribution < 1.29 is 22.5 Å². The summed E-state index contributed by atoms with van der Waals surface area (Å²) in [4.78, 5) is 23.2. The molecule has 1 amide bonds. The number of carbonyl (C=O) groups excluding carboxylic acids is 1. The van der Waals surface area contributed by atoms with Gasteiger partial charge in [0.25, 0.3) is 11.8 Å². The van der Waals surface area contributed by atoms with Gasteiger partial charge in [0.05, 0.1) is 17.7 Å². The summed E-state index contributed by atoms with van der Waals surface area (Å²) < 4.78 is 47.0. The average molecular weight is 513 g/mol. The summed E-state index contributed by atoms with van der Waals surface area (Å²) in [5.74, 6) is -0.269. The van der Waals surface area contributed by atoms with Crippen LogP contribution in [0.25, 0.3) is 22.5 Å². The molecule has 37 heavy (non-hydrogen) atoms. The van der Waals surface area contributed by atoms with Crippen LogP contribution in [0.1, 0.15) is 29.5 Å². The van der Waals surface area contributed by atoms with E-state index in [-0.39, 0.29) is 29.9 Å². The van der Waals surface area contributed by atoms with Crippen LogP contribution in [-0.2, 0) is 13.1 Å². The molecule has 0 spiro atoms. The first-order valence-electron chi connectivity index (χ1n) is 11.6. The zero-order valence-corrected chi connectivity index (χ0v) is 20.7. The summed E-state index contributed by atoms with van der Waals surface area (Å²) >= 11 is 0. The van der Waals surface area contributed by atoms with Gasteiger partial charge in [0, 0.05) is 23.2 Å². The molecule has 11 heteroatoms. The predicted molar refractivity (Wildman–Crippen MR) is 135 cm³/mol. The minimum absolute atomic E-state index is 0.0443. The number of aliphatic imine (C=N–C) groups is 1. The average Bonchev–Trinajstić information content (AvgIpc) is 3.46. The van der Waals surface area contributed by atoms with E-state index >= 15 is 0 Å². The third kappa shape index (κ3) is 6.62. The van der Waals surface area contributed by atoms with E-state index in [2.05, 4.69) is 20.4 Å². The Hall–Kier alpha value is -3.99. The summed E-state index contributed by atoms with van der Waals surface area (Å²) in [6, 6.07) is 15.2. The van der Waals surface area contributed by atoms with E-state index in [1.807, 2.05) is 25.9 Å². The van der Waals surface area contributed by atoms with E-state index in [9.17, 15) is 18.0 Å². The SMILES string of the molecule is CC(CCN(C)C)=Nc1cccc2c1cc(-c1nc(CNC(=O)c3ccccc3)no1)n2CC(F)(F)F. The van der Waals surface area contributed by atoms with Crippen molar-refractivity contribution in [1.82, 2.24) is 24.9 Å². The van der Waals surface area contributed by atoms with E-state index in [4.69, 9.17) is 4.52 Å². The zero-order valence-electron chi connectivity index (χ0n) is 20.7. The largest absolute Gasteiger partial charge is 0.406 e. The number of nitrogens with zero attached hydrogens (tertiary/aromatic N) is 5. The van der Waals surface area contributed by atoms with Gasteiger partial charge in [0.15, 0.2) is 5.82 Å². The van der Waals surface area contributed by atoms with Crippen LogP contribution in [0.2, 0.25) is 0 Å². The molecule has 0 radical (unpaired) electrons. The maximum absolute atomic E-state index is 13.5. The van der Waals surface area contributed by atoms with Crippen molar-refractivity contribution in [2.75, 3.05) is 20.6 Å². The van der Waals surface area contributed by atoms with E-state index in [1.165, 1.54) is 0 Å². The van der Waals surface area contributed by atoms with Crippen molar-refractivity contribution in [3.63, 3.8) is 0 Å². The van der Waals surface area contributed by atoms with Crippen LogP contribution in [0.4, 0.5) is 18.9 Å². The number of halogens is 3. The lowest BCUT2D eigenvalue weighted by Crippen LogP contribution is -2.23. The van der Waals surface area contributed by atoms with Gasteiger partial charge in [0.1, 0.15) is 12.2 Å². The van der Waals surface area contributed by atoms with Crippen molar-refractivity contribution in [3.8, 4) is 11.6 Å². The fourth-order valence-corrected chi connectivity index (χ4v) is 3.82. The minimum atomic E-state index is -4.48. The normalized spacial score (nSPS) is 12.5. The highest BCUT2D eigenvalue weighted by molar-refractivity contribution is 5.98. The van der Waals surface area contributed by atoms with Crippen LogP contribution in [0, 0.1) is 0 Å². The Morgan fingerprint density at radius 1 is 1.14 bits per heavy atom. The quantitative estimate of drug-likeness (QED) is 0.311. The molecule has 0 bridgehead atoms. The molecule has 0 aliphatic rings. The molecule has 2 aromatic carbocycles. The minimum Gasteiger partial charge on any atom is -0.345 e. The molecule has 2 aromatic heterocycles. The molecular weight excluding hydrogens is 485 g/mol. The maximum atomic E-state index is 13.5. The van der Waals surface area contributed by atoms with Gasteiger partial charge in [-0.3, -0.25) is 9.79 Å². The summed E-state index contributed by atoms with van der Waals surface area (Å²) in [6.07, 6.45) is -3.75. The van der Waals surface area contributed by atoms with Crippen molar-refractivity contribution >= 4 is 28.2 Å². The monoisotopic (exact) mass is 512 g/mol. The van der Waals surface area contributed by atoms with Gasteiger partial charge in [-0.2, -0.15) is 18.2 Å². The van der Waals surface area contributed by atoms with Crippen molar-refractivity contribution in [1.29, 1.82) is 0 Å². The van der Waals surface area contributed by atoms with E-state index < -0.39 is 12.7 Å². The molecular formula is C26H27F3N6O2. The molecule has 194 valence electrons. The summed E-state index contributed by atoms with van der Waals surface area (Å²) in [5, 5.41) is 7.07. The number of aromatic nitrogens is 3. The molecule has 0 unspecified atom stereocenters. The highest BCUT2D eigenvalue weighted by Crippen LogP contribution is 2.35. The second kappa shape index (κ2) is 11.0. The van der Waals surface area contributed by atoms with Gasteiger partial charge in [-0.25, -0.2) is 0 Å². The molecule has 0 atom stereocenters. The topological polar surface area (TPSA) is 88.6 Å². The first-order valence-corrected chi connectivity index (χ1v) is 11.6. The Morgan fingerprint density at radius 2 is 1.89 bits per heavy atom. The Balaban J connectivity index is 1.65. The molecule has 0 saturated carbocycles. The van der Waals surface area contributed by atoms with Crippen LogP contribution >= 0.6 is 0 Å². The molecule has 8 nitrogen and oxygen atoms in total. The molecule has 4 rings (SSSR count). The van der Waals surface area contributed by atoms with Gasteiger partial charge >= 0.3 is 6.18 Å². The van der Waals surface area contributed by atoms with Gasteiger partial charge in [-0.15, -0.1) is 0 Å².